The number of aromatic nitrogens is 1. The quantitative estimate of drug-likeness (QED) is 0.809. The van der Waals surface area contributed by atoms with Crippen molar-refractivity contribution < 1.29 is 4.79 Å². The summed E-state index contributed by atoms with van der Waals surface area (Å²) in [4.78, 5) is 15.8. The van der Waals surface area contributed by atoms with Crippen LogP contribution in [0.2, 0.25) is 0 Å². The molecule has 6 heteroatoms. The van der Waals surface area contributed by atoms with Crippen molar-refractivity contribution in [1.29, 1.82) is 0 Å². The van der Waals surface area contributed by atoms with Crippen LogP contribution in [0.1, 0.15) is 0 Å². The van der Waals surface area contributed by atoms with Gasteiger partial charge < -0.3 is 5.32 Å². The molecule has 15 heavy (non-hydrogen) atoms. The molecular formula is C9H10BrN3OS. The number of nitrogens with zero attached hydrogens (tertiary/aromatic N) is 1. The van der Waals surface area contributed by atoms with Gasteiger partial charge in [-0.15, -0.1) is 11.8 Å². The smallest absolute Gasteiger partial charge is 0.253 e. The lowest BCUT2D eigenvalue weighted by Gasteiger charge is -2.09. The van der Waals surface area contributed by atoms with Crippen LogP contribution in [-0.4, -0.2) is 28.6 Å². The second kappa shape index (κ2) is 4.96. The molecule has 1 fully saturated rings. The molecule has 2 heterocycles. The predicted molar refractivity (Wildman–Crippen MR) is 64.8 cm³/mol. The summed E-state index contributed by atoms with van der Waals surface area (Å²) < 4.78 is 0.715. The molecule has 1 saturated heterocycles. The fourth-order valence-corrected chi connectivity index (χ4v) is 2.52. The first kappa shape index (κ1) is 10.9. The van der Waals surface area contributed by atoms with Gasteiger partial charge in [0.05, 0.1) is 0 Å². The number of halogens is 1. The minimum atomic E-state index is -0.147. The normalized spacial score (nSPS) is 20.2. The van der Waals surface area contributed by atoms with Gasteiger partial charge in [0.2, 0.25) is 0 Å². The molecule has 2 rings (SSSR count). The van der Waals surface area contributed by atoms with Crippen LogP contribution >= 0.6 is 27.7 Å². The van der Waals surface area contributed by atoms with Crippen molar-refractivity contribution in [1.82, 2.24) is 10.3 Å². The van der Waals surface area contributed by atoms with E-state index in [4.69, 9.17) is 0 Å². The van der Waals surface area contributed by atoms with Gasteiger partial charge in [-0.2, -0.15) is 0 Å². The molecule has 1 aliphatic heterocycles. The molecule has 0 bridgehead atoms. The predicted octanol–water partition coefficient (Wildman–Crippen LogP) is 1.45. The van der Waals surface area contributed by atoms with E-state index in [0.29, 0.717) is 10.4 Å². The molecule has 0 saturated carbocycles. The molecule has 0 unspecified atom stereocenters. The molecule has 2 N–H and O–H groups in total. The summed E-state index contributed by atoms with van der Waals surface area (Å²) in [6.07, 6.45) is 0. The van der Waals surface area contributed by atoms with Crippen LogP contribution in [-0.2, 0) is 4.79 Å². The lowest BCUT2D eigenvalue weighted by atomic mass is 10.4. The van der Waals surface area contributed by atoms with E-state index in [1.807, 2.05) is 12.1 Å². The standard InChI is InChI=1S/C9H10BrN3OS/c10-6-2-1-3-7(12-6)13-8(14)9-11-4-5-15-9/h1-3,9,11H,4-5H2,(H,12,13,14)/t9-/m0/s1. The molecular weight excluding hydrogens is 278 g/mol. The van der Waals surface area contributed by atoms with E-state index in [1.165, 1.54) is 0 Å². The van der Waals surface area contributed by atoms with Crippen molar-refractivity contribution in [3.8, 4) is 0 Å². The number of carbonyl (C=O) groups is 1. The average molecular weight is 288 g/mol. The Bertz CT molecular complexity index is 368. The van der Waals surface area contributed by atoms with Crippen LogP contribution in [0.15, 0.2) is 22.8 Å². The second-order valence-electron chi connectivity index (χ2n) is 3.04. The van der Waals surface area contributed by atoms with E-state index in [2.05, 4.69) is 31.5 Å². The number of hydrogen-bond acceptors (Lipinski definition) is 4. The summed E-state index contributed by atoms with van der Waals surface area (Å²) >= 11 is 4.86. The zero-order chi connectivity index (χ0) is 10.7. The first-order valence-corrected chi connectivity index (χ1v) is 6.38. The summed E-state index contributed by atoms with van der Waals surface area (Å²) in [6.45, 7) is 0.884. The summed E-state index contributed by atoms with van der Waals surface area (Å²) in [5.41, 5.74) is 0. The van der Waals surface area contributed by atoms with Crippen molar-refractivity contribution in [3.63, 3.8) is 0 Å². The number of hydrogen-bond donors (Lipinski definition) is 2. The van der Waals surface area contributed by atoms with Gasteiger partial charge in [0.1, 0.15) is 15.8 Å². The van der Waals surface area contributed by atoms with E-state index in [1.54, 1.807) is 17.8 Å². The Kier molecular flexibility index (Phi) is 3.61. The van der Waals surface area contributed by atoms with E-state index in [9.17, 15) is 4.79 Å². The number of pyridine rings is 1. The molecule has 0 aromatic carbocycles. The minimum Gasteiger partial charge on any atom is -0.309 e. The van der Waals surface area contributed by atoms with Crippen molar-refractivity contribution in [2.45, 2.75) is 5.37 Å². The second-order valence-corrected chi connectivity index (χ2v) is 5.07. The van der Waals surface area contributed by atoms with Gasteiger partial charge in [-0.3, -0.25) is 10.1 Å². The summed E-state index contributed by atoms with van der Waals surface area (Å²) in [5.74, 6) is 1.51. The van der Waals surface area contributed by atoms with E-state index in [0.717, 1.165) is 12.3 Å². The summed E-state index contributed by atoms with van der Waals surface area (Å²) in [5, 5.41) is 5.72. The maximum atomic E-state index is 11.7. The molecule has 80 valence electrons. The average Bonchev–Trinajstić information content (AvgIpc) is 2.70. The Morgan fingerprint density at radius 1 is 1.67 bits per heavy atom. The highest BCUT2D eigenvalue weighted by atomic mass is 79.9. The number of rotatable bonds is 2. The first-order valence-electron chi connectivity index (χ1n) is 4.54. The molecule has 0 aliphatic carbocycles. The summed E-state index contributed by atoms with van der Waals surface area (Å²) in [6, 6.07) is 5.42. The number of thioether (sulfide) groups is 1. The van der Waals surface area contributed by atoms with E-state index >= 15 is 0 Å². The van der Waals surface area contributed by atoms with Gasteiger partial charge in [0.15, 0.2) is 0 Å². The molecule has 4 nitrogen and oxygen atoms in total. The van der Waals surface area contributed by atoms with Crippen LogP contribution in [0.4, 0.5) is 5.82 Å². The Morgan fingerprint density at radius 2 is 2.53 bits per heavy atom. The fraction of sp³-hybridized carbons (Fsp3) is 0.333. The third kappa shape index (κ3) is 2.93. The molecule has 0 radical (unpaired) electrons. The highest BCUT2D eigenvalue weighted by Crippen LogP contribution is 2.16. The summed E-state index contributed by atoms with van der Waals surface area (Å²) in [7, 11) is 0. The maximum Gasteiger partial charge on any atom is 0.253 e. The Balaban J connectivity index is 1.99. The molecule has 1 amide bonds. The highest BCUT2D eigenvalue weighted by Gasteiger charge is 2.22. The third-order valence-corrected chi connectivity index (χ3v) is 3.52. The molecule has 1 aromatic rings. The lowest BCUT2D eigenvalue weighted by molar-refractivity contribution is -0.116. The fourth-order valence-electron chi connectivity index (χ4n) is 1.26. The van der Waals surface area contributed by atoms with Crippen LogP contribution in [0.25, 0.3) is 0 Å². The van der Waals surface area contributed by atoms with Gasteiger partial charge >= 0.3 is 0 Å². The molecule has 0 spiro atoms. The topological polar surface area (TPSA) is 54.0 Å². The highest BCUT2D eigenvalue weighted by molar-refractivity contribution is 9.10. The van der Waals surface area contributed by atoms with Crippen LogP contribution in [0, 0.1) is 0 Å². The van der Waals surface area contributed by atoms with Crippen molar-refractivity contribution in [2.24, 2.45) is 0 Å². The van der Waals surface area contributed by atoms with Crippen LogP contribution in [0.3, 0.4) is 0 Å². The number of anilines is 1. The van der Waals surface area contributed by atoms with Gasteiger partial charge in [0.25, 0.3) is 5.91 Å². The van der Waals surface area contributed by atoms with Gasteiger partial charge in [-0.25, -0.2) is 4.98 Å². The first-order chi connectivity index (χ1) is 7.25. The number of nitrogens with one attached hydrogen (secondary N) is 2. The largest absolute Gasteiger partial charge is 0.309 e. The Morgan fingerprint density at radius 3 is 3.20 bits per heavy atom. The maximum absolute atomic E-state index is 11.7. The SMILES string of the molecule is O=C(Nc1cccc(Br)n1)[C@H]1NCCS1. The molecule has 1 aliphatic rings. The lowest BCUT2D eigenvalue weighted by Crippen LogP contribution is -2.33. The minimum absolute atomic E-state index is 0.0388. The third-order valence-electron chi connectivity index (χ3n) is 1.92. The molecule has 1 aromatic heterocycles. The number of amides is 1. The van der Waals surface area contributed by atoms with Crippen molar-refractivity contribution in [3.05, 3.63) is 22.8 Å². The van der Waals surface area contributed by atoms with Crippen LogP contribution < -0.4 is 10.6 Å². The zero-order valence-electron chi connectivity index (χ0n) is 7.87. The Labute approximate surface area is 100 Å². The van der Waals surface area contributed by atoms with Crippen LogP contribution in [0.5, 0.6) is 0 Å². The van der Waals surface area contributed by atoms with E-state index < -0.39 is 0 Å². The van der Waals surface area contributed by atoms with Crippen molar-refractivity contribution in [2.75, 3.05) is 17.6 Å². The zero-order valence-corrected chi connectivity index (χ0v) is 10.3. The number of carbonyl (C=O) groups excluding carboxylic acids is 1. The monoisotopic (exact) mass is 287 g/mol. The van der Waals surface area contributed by atoms with Gasteiger partial charge in [-0.1, -0.05) is 6.07 Å². The van der Waals surface area contributed by atoms with Gasteiger partial charge in [-0.05, 0) is 28.1 Å². The van der Waals surface area contributed by atoms with Crippen molar-refractivity contribution >= 4 is 39.4 Å². The van der Waals surface area contributed by atoms with E-state index in [-0.39, 0.29) is 11.3 Å². The van der Waals surface area contributed by atoms with Gasteiger partial charge in [0, 0.05) is 12.3 Å². The Hall–Kier alpha value is -0.590. The molecule has 1 atom stereocenters.